The average Bonchev–Trinajstić information content (AvgIpc) is 3.41. The molecule has 12 heteroatoms. The highest BCUT2D eigenvalue weighted by Gasteiger charge is 2.28. The van der Waals surface area contributed by atoms with E-state index in [2.05, 4.69) is 93.7 Å². The molecule has 0 aromatic heterocycles. The van der Waals surface area contributed by atoms with E-state index < -0.39 is 57.8 Å². The minimum atomic E-state index is -4.76. The zero-order valence-corrected chi connectivity index (χ0v) is 49.6. The van der Waals surface area contributed by atoms with Gasteiger partial charge in [0.05, 0.1) is 19.8 Å². The number of hydrogen-bond acceptors (Lipinski definition) is 10. The fourth-order valence-electron chi connectivity index (χ4n) is 8.50. The third-order valence-corrected chi connectivity index (χ3v) is 14.1. The summed E-state index contributed by atoms with van der Waals surface area (Å²) in [4.78, 5) is 48.6. The van der Waals surface area contributed by atoms with E-state index in [1.54, 1.807) is 0 Å². The number of rotatable bonds is 57. The minimum absolute atomic E-state index is 0.147. The summed E-state index contributed by atoms with van der Waals surface area (Å²) in [5.41, 5.74) is 0. The van der Waals surface area contributed by atoms with Crippen LogP contribution in [0.5, 0.6) is 0 Å². The average molecular weight is 1090 g/mol. The zero-order chi connectivity index (χ0) is 55.5. The highest BCUT2D eigenvalue weighted by molar-refractivity contribution is 7.47. The molecule has 0 fully saturated rings. The zero-order valence-electron chi connectivity index (χ0n) is 48.7. The number of phosphoric acid groups is 1. The first-order valence-electron chi connectivity index (χ1n) is 30.8. The van der Waals surface area contributed by atoms with Crippen molar-refractivity contribution in [3.8, 4) is 0 Å². The van der Waals surface area contributed by atoms with Crippen molar-refractivity contribution < 1.29 is 52.2 Å². The van der Waals surface area contributed by atoms with E-state index in [0.29, 0.717) is 19.3 Å². The topological polar surface area (TPSA) is 155 Å². The van der Waals surface area contributed by atoms with E-state index in [4.69, 9.17) is 23.3 Å². The number of allylic oxidation sites excluding steroid dienone is 12. The first-order valence-corrected chi connectivity index (χ1v) is 32.3. The summed E-state index contributed by atoms with van der Waals surface area (Å²) >= 11 is 0. The van der Waals surface area contributed by atoms with Gasteiger partial charge in [-0.1, -0.05) is 248 Å². The molecule has 2 N–H and O–H groups in total. The number of esters is 3. The highest BCUT2D eigenvalue weighted by Crippen LogP contribution is 2.43. The van der Waals surface area contributed by atoms with Crippen LogP contribution in [0.2, 0.25) is 0 Å². The van der Waals surface area contributed by atoms with Crippen LogP contribution in [0.15, 0.2) is 72.9 Å². The molecule has 0 saturated heterocycles. The second-order valence-electron chi connectivity index (χ2n) is 20.5. The molecular formula is C64H113O11P. The summed E-state index contributed by atoms with van der Waals surface area (Å²) in [5.74, 6) is -1.49. The van der Waals surface area contributed by atoms with Gasteiger partial charge in [0, 0.05) is 19.3 Å². The third kappa shape index (κ3) is 55.7. The molecule has 3 atom stereocenters. The summed E-state index contributed by atoms with van der Waals surface area (Å²) in [6, 6.07) is 0. The molecule has 0 aromatic rings. The molecule has 0 heterocycles. The minimum Gasteiger partial charge on any atom is -0.462 e. The first-order chi connectivity index (χ1) is 37.2. The lowest BCUT2D eigenvalue weighted by Gasteiger charge is -2.21. The van der Waals surface area contributed by atoms with Crippen molar-refractivity contribution in [3.05, 3.63) is 72.9 Å². The summed E-state index contributed by atoms with van der Waals surface area (Å²) in [6.07, 6.45) is 65.7. The molecule has 0 spiro atoms. The van der Waals surface area contributed by atoms with Crippen molar-refractivity contribution in [2.45, 2.75) is 290 Å². The normalized spacial score (nSPS) is 13.8. The standard InChI is InChI=1S/C64H113O11P/c1-4-7-10-13-16-19-22-25-28-29-30-31-34-35-38-41-44-47-50-53-62(66)71-57-61(75-64(68)55-52-49-46-43-40-37-33-27-24-21-18-15-12-9-6-3)59-73-76(69,70)72-58-60(56-65)74-63(67)54-51-48-45-42-39-36-32-26-23-20-17-14-11-8-5-2/h8-9,11-12,17-18,20-21,26-27,32-33,60-61,65H,4-7,10,13-16,19,22-25,28-31,34-59H2,1-3H3,(H,69,70)/b11-8-,12-9-,20-17-,21-18-,32-26-,33-27-. The number of aliphatic hydroxyl groups is 1. The van der Waals surface area contributed by atoms with Gasteiger partial charge < -0.3 is 24.2 Å². The number of carbonyl (C=O) groups is 3. The Morgan fingerprint density at radius 1 is 0.382 bits per heavy atom. The number of carbonyl (C=O) groups excluding carboxylic acids is 3. The largest absolute Gasteiger partial charge is 0.472 e. The maximum Gasteiger partial charge on any atom is 0.472 e. The molecule has 0 aromatic carbocycles. The van der Waals surface area contributed by atoms with E-state index in [1.165, 1.54) is 96.3 Å². The van der Waals surface area contributed by atoms with Crippen LogP contribution in [0.1, 0.15) is 278 Å². The Balaban J connectivity index is 4.70. The lowest BCUT2D eigenvalue weighted by molar-refractivity contribution is -0.161. The van der Waals surface area contributed by atoms with E-state index >= 15 is 0 Å². The molecule has 0 aliphatic rings. The molecule has 0 aliphatic carbocycles. The van der Waals surface area contributed by atoms with Crippen LogP contribution in [0.25, 0.3) is 0 Å². The van der Waals surface area contributed by atoms with Crippen molar-refractivity contribution in [1.29, 1.82) is 0 Å². The smallest absolute Gasteiger partial charge is 0.462 e. The highest BCUT2D eigenvalue weighted by atomic mass is 31.2. The molecule has 0 aliphatic heterocycles. The molecule has 0 bridgehead atoms. The SMILES string of the molecule is CC/C=C\C/C=C\C/C=C\CCCCCCCC(=O)OC(CO)COP(=O)(O)OCC(COC(=O)CCCCCCCCCCCCCCCCCCCCC)OC(=O)CCCCCCC/C=C\C/C=C\C/C=C\CC. The van der Waals surface area contributed by atoms with Crippen molar-refractivity contribution in [1.82, 2.24) is 0 Å². The second-order valence-corrected chi connectivity index (χ2v) is 21.9. The van der Waals surface area contributed by atoms with Crippen LogP contribution in [-0.2, 0) is 42.2 Å². The van der Waals surface area contributed by atoms with Gasteiger partial charge in [0.2, 0.25) is 0 Å². The Morgan fingerprint density at radius 2 is 0.684 bits per heavy atom. The van der Waals surface area contributed by atoms with Crippen molar-refractivity contribution in [2.24, 2.45) is 0 Å². The number of unbranched alkanes of at least 4 members (excludes halogenated alkanes) is 28. The van der Waals surface area contributed by atoms with Gasteiger partial charge in [0.25, 0.3) is 0 Å². The van der Waals surface area contributed by atoms with Crippen LogP contribution in [-0.4, -0.2) is 66.5 Å². The van der Waals surface area contributed by atoms with Gasteiger partial charge >= 0.3 is 25.7 Å². The van der Waals surface area contributed by atoms with Crippen LogP contribution in [0.4, 0.5) is 0 Å². The molecular weight excluding hydrogens is 976 g/mol. The monoisotopic (exact) mass is 1090 g/mol. The van der Waals surface area contributed by atoms with Gasteiger partial charge in [-0.2, -0.15) is 0 Å². The Labute approximate surface area is 465 Å². The third-order valence-electron chi connectivity index (χ3n) is 13.1. The van der Waals surface area contributed by atoms with E-state index in [-0.39, 0.29) is 25.9 Å². The number of ether oxygens (including phenoxy) is 3. The van der Waals surface area contributed by atoms with Gasteiger partial charge in [-0.05, 0) is 83.5 Å². The Morgan fingerprint density at radius 3 is 1.05 bits per heavy atom. The van der Waals surface area contributed by atoms with Gasteiger partial charge in [-0.25, -0.2) is 4.57 Å². The fraction of sp³-hybridized carbons (Fsp3) is 0.766. The first kappa shape index (κ1) is 72.9. The summed E-state index contributed by atoms with van der Waals surface area (Å²) in [5, 5.41) is 9.83. The van der Waals surface area contributed by atoms with Crippen molar-refractivity contribution >= 4 is 25.7 Å². The number of phosphoric ester groups is 1. The Bertz CT molecular complexity index is 1550. The maximum atomic E-state index is 12.9. The molecule has 76 heavy (non-hydrogen) atoms. The maximum absolute atomic E-state index is 12.9. The molecule has 0 amide bonds. The number of hydrogen-bond donors (Lipinski definition) is 2. The lowest BCUT2D eigenvalue weighted by atomic mass is 10.0. The Kier molecular flexibility index (Phi) is 55.7. The Hall–Kier alpha value is -3.08. The van der Waals surface area contributed by atoms with Gasteiger partial charge in [-0.15, -0.1) is 0 Å². The second kappa shape index (κ2) is 58.1. The molecule has 440 valence electrons. The van der Waals surface area contributed by atoms with E-state index in [9.17, 15) is 28.9 Å². The quantitative estimate of drug-likeness (QED) is 0.0197. The van der Waals surface area contributed by atoms with Crippen LogP contribution in [0, 0.1) is 0 Å². The van der Waals surface area contributed by atoms with Crippen molar-refractivity contribution in [2.75, 3.05) is 26.4 Å². The summed E-state index contributed by atoms with van der Waals surface area (Å²) < 4.78 is 39.6. The molecule has 0 rings (SSSR count). The van der Waals surface area contributed by atoms with Crippen LogP contribution >= 0.6 is 7.82 Å². The van der Waals surface area contributed by atoms with E-state index in [1.807, 2.05) is 0 Å². The fourth-order valence-corrected chi connectivity index (χ4v) is 9.29. The van der Waals surface area contributed by atoms with Gasteiger partial charge in [-0.3, -0.25) is 23.4 Å². The molecule has 3 unspecified atom stereocenters. The van der Waals surface area contributed by atoms with Gasteiger partial charge in [0.1, 0.15) is 12.7 Å². The molecule has 0 radical (unpaired) electrons. The van der Waals surface area contributed by atoms with Crippen LogP contribution in [0.3, 0.4) is 0 Å². The molecule has 11 nitrogen and oxygen atoms in total. The predicted molar refractivity (Wildman–Crippen MR) is 316 cm³/mol. The van der Waals surface area contributed by atoms with Gasteiger partial charge in [0.15, 0.2) is 6.10 Å². The number of aliphatic hydroxyl groups excluding tert-OH is 1. The summed E-state index contributed by atoms with van der Waals surface area (Å²) in [6.45, 7) is 4.42. The van der Waals surface area contributed by atoms with Crippen LogP contribution < -0.4 is 0 Å². The van der Waals surface area contributed by atoms with E-state index in [0.717, 1.165) is 122 Å². The summed E-state index contributed by atoms with van der Waals surface area (Å²) in [7, 11) is -4.76. The lowest BCUT2D eigenvalue weighted by Crippen LogP contribution is -2.30. The predicted octanol–water partition coefficient (Wildman–Crippen LogP) is 18.5. The molecule has 0 saturated carbocycles. The van der Waals surface area contributed by atoms with Crippen molar-refractivity contribution in [3.63, 3.8) is 0 Å².